The van der Waals surface area contributed by atoms with Gasteiger partial charge in [-0.2, -0.15) is 5.26 Å². The van der Waals surface area contributed by atoms with Gasteiger partial charge in [0.15, 0.2) is 0 Å². The molecule has 0 aliphatic rings. The fourth-order valence-electron chi connectivity index (χ4n) is 1.50. The summed E-state index contributed by atoms with van der Waals surface area (Å²) in [5.41, 5.74) is 1.15. The van der Waals surface area contributed by atoms with E-state index in [2.05, 4.69) is 10.3 Å². The van der Waals surface area contributed by atoms with E-state index in [0.29, 0.717) is 16.4 Å². The number of hydrogen-bond acceptors (Lipinski definition) is 3. The van der Waals surface area contributed by atoms with Crippen LogP contribution >= 0.6 is 11.6 Å². The van der Waals surface area contributed by atoms with Crippen molar-refractivity contribution >= 4 is 23.0 Å². The van der Waals surface area contributed by atoms with Gasteiger partial charge >= 0.3 is 0 Å². The summed E-state index contributed by atoms with van der Waals surface area (Å²) >= 11 is 5.85. The molecule has 2 aromatic rings. The quantitative estimate of drug-likeness (QED) is 0.472. The van der Waals surface area contributed by atoms with Gasteiger partial charge in [-0.05, 0) is 42.5 Å². The number of nitriles is 1. The molecule has 0 unspecified atom stereocenters. The molecule has 100 valence electrons. The number of anilines is 1. The maximum Gasteiger partial charge on any atom is 0.130 e. The van der Waals surface area contributed by atoms with Gasteiger partial charge in [-0.15, -0.1) is 5.11 Å². The Kier molecular flexibility index (Phi) is 4.64. The minimum absolute atomic E-state index is 0.00962. The van der Waals surface area contributed by atoms with Gasteiger partial charge in [0.05, 0.1) is 17.4 Å². The van der Waals surface area contributed by atoms with E-state index in [9.17, 15) is 4.39 Å². The maximum absolute atomic E-state index is 12.9. The zero-order valence-electron chi connectivity index (χ0n) is 10.4. The van der Waals surface area contributed by atoms with Crippen LogP contribution in [0.3, 0.4) is 0 Å². The first kappa shape index (κ1) is 14.0. The third-order valence-electron chi connectivity index (χ3n) is 2.42. The van der Waals surface area contributed by atoms with E-state index >= 15 is 0 Å². The lowest BCUT2D eigenvalue weighted by Gasteiger charge is -2.13. The summed E-state index contributed by atoms with van der Waals surface area (Å²) < 4.78 is 12.9. The molecule has 0 radical (unpaired) electrons. The predicted octanol–water partition coefficient (Wildman–Crippen LogP) is 4.51. The number of hydrogen-bond donors (Lipinski definition) is 0. The summed E-state index contributed by atoms with van der Waals surface area (Å²) in [7, 11) is 0. The van der Waals surface area contributed by atoms with Crippen molar-refractivity contribution in [3.8, 4) is 6.07 Å². The zero-order valence-corrected chi connectivity index (χ0v) is 11.1. The number of benzene rings is 2. The highest BCUT2D eigenvalue weighted by Crippen LogP contribution is 2.20. The maximum atomic E-state index is 12.9. The van der Waals surface area contributed by atoms with E-state index in [1.165, 1.54) is 29.3 Å². The summed E-state index contributed by atoms with van der Waals surface area (Å²) in [4.78, 5) is 0. The summed E-state index contributed by atoms with van der Waals surface area (Å²) in [5, 5.41) is 18.7. The topological polar surface area (TPSA) is 51.8 Å². The van der Waals surface area contributed by atoms with Crippen LogP contribution < -0.4 is 5.01 Å². The van der Waals surface area contributed by atoms with Crippen LogP contribution in [0.4, 0.5) is 15.8 Å². The van der Waals surface area contributed by atoms with Crippen molar-refractivity contribution in [1.29, 1.82) is 5.26 Å². The molecule has 0 saturated heterocycles. The van der Waals surface area contributed by atoms with E-state index in [0.717, 1.165) is 0 Å². The Hall–Kier alpha value is -2.45. The molecule has 2 rings (SSSR count). The highest BCUT2D eigenvalue weighted by molar-refractivity contribution is 6.30. The van der Waals surface area contributed by atoms with Crippen molar-refractivity contribution in [2.75, 3.05) is 11.6 Å². The van der Waals surface area contributed by atoms with E-state index in [4.69, 9.17) is 16.9 Å². The lowest BCUT2D eigenvalue weighted by atomic mass is 10.3. The second kappa shape index (κ2) is 6.64. The Labute approximate surface area is 120 Å². The fraction of sp³-hybridized carbons (Fsp3) is 0.0714. The van der Waals surface area contributed by atoms with Gasteiger partial charge in [-0.1, -0.05) is 22.9 Å². The molecule has 0 saturated carbocycles. The van der Waals surface area contributed by atoms with Gasteiger partial charge < -0.3 is 0 Å². The van der Waals surface area contributed by atoms with Crippen molar-refractivity contribution in [2.24, 2.45) is 10.3 Å². The van der Waals surface area contributed by atoms with E-state index in [-0.39, 0.29) is 12.4 Å². The molecule has 0 aliphatic heterocycles. The molecular weight excluding hydrogens is 279 g/mol. The molecule has 0 N–H and O–H groups in total. The van der Waals surface area contributed by atoms with Crippen LogP contribution in [0.1, 0.15) is 0 Å². The minimum Gasteiger partial charge on any atom is -0.233 e. The van der Waals surface area contributed by atoms with Crippen molar-refractivity contribution in [3.05, 3.63) is 59.4 Å². The molecule has 4 nitrogen and oxygen atoms in total. The number of rotatable bonds is 4. The number of nitrogens with zero attached hydrogens (tertiary/aromatic N) is 4. The average Bonchev–Trinajstić information content (AvgIpc) is 2.44. The van der Waals surface area contributed by atoms with Crippen LogP contribution in [0.2, 0.25) is 5.02 Å². The predicted molar refractivity (Wildman–Crippen MR) is 75.3 cm³/mol. The van der Waals surface area contributed by atoms with Gasteiger partial charge in [0.25, 0.3) is 0 Å². The van der Waals surface area contributed by atoms with E-state index in [1.54, 1.807) is 24.3 Å². The molecule has 0 spiro atoms. The molecule has 0 atom stereocenters. The summed E-state index contributed by atoms with van der Waals surface area (Å²) in [6.07, 6.45) is 0. The van der Waals surface area contributed by atoms with Crippen LogP contribution in [0.5, 0.6) is 0 Å². The summed E-state index contributed by atoms with van der Waals surface area (Å²) in [6.45, 7) is 0.00962. The molecule has 0 aliphatic carbocycles. The summed E-state index contributed by atoms with van der Waals surface area (Å²) in [5.74, 6) is -0.350. The molecule has 0 heterocycles. The molecule has 0 bridgehead atoms. The largest absolute Gasteiger partial charge is 0.233 e. The lowest BCUT2D eigenvalue weighted by molar-refractivity contribution is 0.627. The second-order valence-electron chi connectivity index (χ2n) is 3.86. The highest BCUT2D eigenvalue weighted by atomic mass is 35.5. The molecule has 6 heteroatoms. The third-order valence-corrected chi connectivity index (χ3v) is 2.66. The van der Waals surface area contributed by atoms with Gasteiger partial charge in [-0.3, -0.25) is 0 Å². The van der Waals surface area contributed by atoms with E-state index in [1.807, 2.05) is 6.07 Å². The SMILES string of the molecule is N#CCN(N=Nc1cccc(Cl)c1)c1ccc(F)cc1. The zero-order chi connectivity index (χ0) is 14.4. The molecule has 0 fully saturated rings. The minimum atomic E-state index is -0.350. The van der Waals surface area contributed by atoms with Crippen molar-refractivity contribution in [3.63, 3.8) is 0 Å². The van der Waals surface area contributed by atoms with Crippen LogP contribution in [0.15, 0.2) is 58.9 Å². The first-order chi connectivity index (χ1) is 9.69. The molecule has 0 aromatic heterocycles. The summed E-state index contributed by atoms with van der Waals surface area (Å²) in [6, 6.07) is 14.5. The van der Waals surface area contributed by atoms with Crippen LogP contribution in [0.25, 0.3) is 0 Å². The monoisotopic (exact) mass is 288 g/mol. The lowest BCUT2D eigenvalue weighted by Crippen LogP contribution is -2.15. The Morgan fingerprint density at radius 3 is 2.60 bits per heavy atom. The van der Waals surface area contributed by atoms with Crippen LogP contribution in [0, 0.1) is 17.1 Å². The average molecular weight is 289 g/mol. The first-order valence-corrected chi connectivity index (χ1v) is 6.14. The van der Waals surface area contributed by atoms with Crippen LogP contribution in [-0.4, -0.2) is 6.54 Å². The second-order valence-corrected chi connectivity index (χ2v) is 4.30. The Morgan fingerprint density at radius 2 is 1.95 bits per heavy atom. The first-order valence-electron chi connectivity index (χ1n) is 5.76. The van der Waals surface area contributed by atoms with Crippen molar-refractivity contribution in [2.45, 2.75) is 0 Å². The van der Waals surface area contributed by atoms with Crippen molar-refractivity contribution in [1.82, 2.24) is 0 Å². The molecular formula is C14H10ClFN4. The van der Waals surface area contributed by atoms with E-state index < -0.39 is 0 Å². The third kappa shape index (κ3) is 3.77. The van der Waals surface area contributed by atoms with Crippen molar-refractivity contribution < 1.29 is 4.39 Å². The standard InChI is InChI=1S/C14H10ClFN4/c15-11-2-1-3-13(10-11)18-19-20(9-8-17)14-6-4-12(16)5-7-14/h1-7,10H,9H2. The Bertz CT molecular complexity index is 649. The van der Waals surface area contributed by atoms with Crippen LogP contribution in [-0.2, 0) is 0 Å². The molecule has 20 heavy (non-hydrogen) atoms. The normalized spacial score (nSPS) is 10.4. The van der Waals surface area contributed by atoms with Gasteiger partial charge in [-0.25, -0.2) is 9.40 Å². The Morgan fingerprint density at radius 1 is 1.20 bits per heavy atom. The highest BCUT2D eigenvalue weighted by Gasteiger charge is 2.04. The van der Waals surface area contributed by atoms with Gasteiger partial charge in [0.2, 0.25) is 0 Å². The van der Waals surface area contributed by atoms with Gasteiger partial charge in [0, 0.05) is 5.02 Å². The van der Waals surface area contributed by atoms with Gasteiger partial charge in [0.1, 0.15) is 12.4 Å². The Balaban J connectivity index is 2.21. The fourth-order valence-corrected chi connectivity index (χ4v) is 1.68. The smallest absolute Gasteiger partial charge is 0.130 e. The number of halogens is 2. The molecule has 0 amide bonds. The molecule has 2 aromatic carbocycles.